The van der Waals surface area contributed by atoms with Crippen LogP contribution >= 0.6 is 0 Å². The van der Waals surface area contributed by atoms with E-state index >= 15 is 0 Å². The van der Waals surface area contributed by atoms with Crippen LogP contribution in [0.2, 0.25) is 0 Å². The van der Waals surface area contributed by atoms with Gasteiger partial charge in [0.1, 0.15) is 0 Å². The molecule has 0 heterocycles. The van der Waals surface area contributed by atoms with Gasteiger partial charge in [-0.05, 0) is 57.2 Å². The van der Waals surface area contributed by atoms with E-state index in [0.717, 1.165) is 18.9 Å². The van der Waals surface area contributed by atoms with Gasteiger partial charge in [-0.25, -0.2) is 0 Å². The SMILES string of the molecule is CCN(c1cccc(C)c1)C(C)(CN)CCC(C)C. The molecule has 108 valence electrons. The zero-order chi connectivity index (χ0) is 14.5. The summed E-state index contributed by atoms with van der Waals surface area (Å²) in [4.78, 5) is 2.46. The molecule has 0 aliphatic heterocycles. The van der Waals surface area contributed by atoms with Crippen molar-refractivity contribution in [1.82, 2.24) is 0 Å². The Morgan fingerprint density at radius 3 is 2.47 bits per heavy atom. The van der Waals surface area contributed by atoms with Crippen LogP contribution in [0.1, 0.15) is 46.1 Å². The smallest absolute Gasteiger partial charge is 0.0496 e. The molecule has 0 aliphatic carbocycles. The third kappa shape index (κ3) is 4.24. The van der Waals surface area contributed by atoms with Crippen LogP contribution in [-0.2, 0) is 0 Å². The number of aryl methyl sites for hydroxylation is 1. The number of nitrogens with zero attached hydrogens (tertiary/aromatic N) is 1. The van der Waals surface area contributed by atoms with E-state index in [1.54, 1.807) is 0 Å². The molecular weight excluding hydrogens is 232 g/mol. The molecule has 2 nitrogen and oxygen atoms in total. The summed E-state index contributed by atoms with van der Waals surface area (Å²) in [6.07, 6.45) is 2.36. The van der Waals surface area contributed by atoms with Crippen LogP contribution in [-0.4, -0.2) is 18.6 Å². The minimum absolute atomic E-state index is 0.0484. The fraction of sp³-hybridized carbons (Fsp3) is 0.647. The van der Waals surface area contributed by atoms with E-state index in [1.807, 2.05) is 0 Å². The molecule has 0 saturated carbocycles. The van der Waals surface area contributed by atoms with Crippen molar-refractivity contribution in [2.45, 2.75) is 53.0 Å². The molecule has 1 unspecified atom stereocenters. The molecule has 0 radical (unpaired) electrons. The van der Waals surface area contributed by atoms with Gasteiger partial charge in [0.15, 0.2) is 0 Å². The zero-order valence-corrected chi connectivity index (χ0v) is 13.2. The molecule has 1 atom stereocenters. The number of anilines is 1. The van der Waals surface area contributed by atoms with Gasteiger partial charge in [-0.1, -0.05) is 26.0 Å². The summed E-state index contributed by atoms with van der Waals surface area (Å²) in [5, 5.41) is 0. The molecule has 0 bridgehead atoms. The number of hydrogen-bond acceptors (Lipinski definition) is 2. The average Bonchev–Trinajstić information content (AvgIpc) is 2.37. The van der Waals surface area contributed by atoms with Crippen molar-refractivity contribution in [2.75, 3.05) is 18.0 Å². The molecule has 0 spiro atoms. The molecule has 0 aromatic heterocycles. The Labute approximate surface area is 119 Å². The first-order valence-electron chi connectivity index (χ1n) is 7.47. The second-order valence-electron chi connectivity index (χ2n) is 6.22. The van der Waals surface area contributed by atoms with E-state index in [1.165, 1.54) is 17.7 Å². The van der Waals surface area contributed by atoms with Gasteiger partial charge in [-0.3, -0.25) is 0 Å². The predicted octanol–water partition coefficient (Wildman–Crippen LogP) is 3.97. The van der Waals surface area contributed by atoms with Crippen LogP contribution in [0.15, 0.2) is 24.3 Å². The van der Waals surface area contributed by atoms with E-state index < -0.39 is 0 Å². The van der Waals surface area contributed by atoms with Crippen LogP contribution in [0, 0.1) is 12.8 Å². The van der Waals surface area contributed by atoms with Gasteiger partial charge in [0, 0.05) is 24.3 Å². The highest BCUT2D eigenvalue weighted by Crippen LogP contribution is 2.29. The van der Waals surface area contributed by atoms with E-state index in [0.29, 0.717) is 6.54 Å². The molecule has 2 heteroatoms. The van der Waals surface area contributed by atoms with Crippen molar-refractivity contribution in [3.8, 4) is 0 Å². The summed E-state index contributed by atoms with van der Waals surface area (Å²) >= 11 is 0. The van der Waals surface area contributed by atoms with E-state index in [9.17, 15) is 0 Å². The summed E-state index contributed by atoms with van der Waals surface area (Å²) in [5.74, 6) is 0.724. The van der Waals surface area contributed by atoms with Gasteiger partial charge < -0.3 is 10.6 Å². The highest BCUT2D eigenvalue weighted by molar-refractivity contribution is 5.50. The lowest BCUT2D eigenvalue weighted by Crippen LogP contribution is -2.52. The number of likely N-dealkylation sites (N-methyl/N-ethyl adjacent to an activating group) is 1. The van der Waals surface area contributed by atoms with Gasteiger partial charge in [-0.2, -0.15) is 0 Å². The number of hydrogen-bond donors (Lipinski definition) is 1. The maximum Gasteiger partial charge on any atom is 0.0496 e. The van der Waals surface area contributed by atoms with E-state index in [2.05, 4.69) is 63.8 Å². The standard InChI is InChI=1S/C17H30N2/c1-6-19(16-9-7-8-15(4)12-16)17(5,13-18)11-10-14(2)3/h7-9,12,14H,6,10-11,13,18H2,1-5H3. The average molecular weight is 262 g/mol. The fourth-order valence-corrected chi connectivity index (χ4v) is 2.62. The first-order valence-corrected chi connectivity index (χ1v) is 7.47. The predicted molar refractivity (Wildman–Crippen MR) is 85.7 cm³/mol. The van der Waals surface area contributed by atoms with Crippen LogP contribution in [0.4, 0.5) is 5.69 Å². The third-order valence-electron chi connectivity index (χ3n) is 3.98. The van der Waals surface area contributed by atoms with Crippen molar-refractivity contribution >= 4 is 5.69 Å². The minimum atomic E-state index is 0.0484. The Balaban J connectivity index is 2.97. The Morgan fingerprint density at radius 2 is 2.00 bits per heavy atom. The maximum absolute atomic E-state index is 6.10. The molecule has 0 saturated heterocycles. The van der Waals surface area contributed by atoms with Crippen molar-refractivity contribution in [3.05, 3.63) is 29.8 Å². The summed E-state index contributed by atoms with van der Waals surface area (Å²) in [7, 11) is 0. The normalized spacial score (nSPS) is 14.5. The van der Waals surface area contributed by atoms with Gasteiger partial charge in [0.2, 0.25) is 0 Å². The molecular formula is C17H30N2. The Morgan fingerprint density at radius 1 is 1.32 bits per heavy atom. The monoisotopic (exact) mass is 262 g/mol. The minimum Gasteiger partial charge on any atom is -0.365 e. The topological polar surface area (TPSA) is 29.3 Å². The van der Waals surface area contributed by atoms with Crippen molar-refractivity contribution in [3.63, 3.8) is 0 Å². The summed E-state index contributed by atoms with van der Waals surface area (Å²) < 4.78 is 0. The molecule has 1 aromatic carbocycles. The molecule has 0 fully saturated rings. The molecule has 0 amide bonds. The van der Waals surface area contributed by atoms with Crippen molar-refractivity contribution in [2.24, 2.45) is 11.7 Å². The summed E-state index contributed by atoms with van der Waals surface area (Å²) in [5.41, 5.74) is 8.75. The number of rotatable bonds is 7. The second kappa shape index (κ2) is 6.95. The van der Waals surface area contributed by atoms with Crippen molar-refractivity contribution in [1.29, 1.82) is 0 Å². The van der Waals surface area contributed by atoms with Gasteiger partial charge >= 0.3 is 0 Å². The lowest BCUT2D eigenvalue weighted by atomic mass is 9.89. The van der Waals surface area contributed by atoms with E-state index in [4.69, 9.17) is 5.73 Å². The largest absolute Gasteiger partial charge is 0.365 e. The Bertz CT molecular complexity index is 387. The van der Waals surface area contributed by atoms with Gasteiger partial charge in [0.25, 0.3) is 0 Å². The van der Waals surface area contributed by atoms with Crippen LogP contribution < -0.4 is 10.6 Å². The van der Waals surface area contributed by atoms with Crippen LogP contribution in [0.25, 0.3) is 0 Å². The van der Waals surface area contributed by atoms with E-state index in [-0.39, 0.29) is 5.54 Å². The zero-order valence-electron chi connectivity index (χ0n) is 13.2. The number of nitrogens with two attached hydrogens (primary N) is 1. The highest BCUT2D eigenvalue weighted by Gasteiger charge is 2.29. The molecule has 1 rings (SSSR count). The van der Waals surface area contributed by atoms with Gasteiger partial charge in [-0.15, -0.1) is 0 Å². The lowest BCUT2D eigenvalue weighted by Gasteiger charge is -2.42. The molecule has 1 aromatic rings. The summed E-state index contributed by atoms with van der Waals surface area (Å²) in [6.45, 7) is 12.9. The Hall–Kier alpha value is -1.02. The fourth-order valence-electron chi connectivity index (χ4n) is 2.62. The van der Waals surface area contributed by atoms with Crippen molar-refractivity contribution < 1.29 is 0 Å². The molecule has 19 heavy (non-hydrogen) atoms. The molecule has 0 aliphatic rings. The number of benzene rings is 1. The first kappa shape index (κ1) is 16.0. The highest BCUT2D eigenvalue weighted by atomic mass is 15.2. The molecule has 2 N–H and O–H groups in total. The lowest BCUT2D eigenvalue weighted by molar-refractivity contribution is 0.366. The summed E-state index contributed by atoms with van der Waals surface area (Å²) in [6, 6.07) is 8.73. The third-order valence-corrected chi connectivity index (χ3v) is 3.98. The second-order valence-corrected chi connectivity index (χ2v) is 6.22. The maximum atomic E-state index is 6.10. The first-order chi connectivity index (χ1) is 8.92. The Kier molecular flexibility index (Phi) is 5.86. The quantitative estimate of drug-likeness (QED) is 0.805. The van der Waals surface area contributed by atoms with Crippen LogP contribution in [0.5, 0.6) is 0 Å². The van der Waals surface area contributed by atoms with Crippen LogP contribution in [0.3, 0.4) is 0 Å². The van der Waals surface area contributed by atoms with Gasteiger partial charge in [0.05, 0.1) is 0 Å².